The van der Waals surface area contributed by atoms with Crippen LogP contribution in [0.1, 0.15) is 52.4 Å². The number of carbonyl (C=O) groups excluding carboxylic acids is 1. The molecule has 0 saturated heterocycles. The van der Waals surface area contributed by atoms with Crippen molar-refractivity contribution in [1.82, 2.24) is 5.32 Å². The summed E-state index contributed by atoms with van der Waals surface area (Å²) in [6, 6.07) is 7.33. The smallest absolute Gasteiger partial charge is 0.362 e. The maximum atomic E-state index is 12.5. The molecule has 1 aliphatic rings. The fraction of sp³-hybridized carbons (Fsp3) is 0.500. The molecule has 3 rings (SSSR count). The van der Waals surface area contributed by atoms with E-state index >= 15 is 0 Å². The molecule has 1 saturated carbocycles. The lowest BCUT2D eigenvalue weighted by Gasteiger charge is -2.25. The van der Waals surface area contributed by atoms with Crippen molar-refractivity contribution in [3.05, 3.63) is 34.7 Å². The lowest BCUT2D eigenvalue weighted by molar-refractivity contribution is 0.249. The Morgan fingerprint density at radius 3 is 2.65 bits per heavy atom. The second kappa shape index (κ2) is 8.25. The number of nitrogens with one attached hydrogen (secondary N) is 3. The number of hydrogen-bond donors (Lipinski definition) is 3. The molecule has 1 fully saturated rings. The van der Waals surface area contributed by atoms with E-state index in [0.29, 0.717) is 17.3 Å². The zero-order valence-electron chi connectivity index (χ0n) is 15.4. The molecule has 6 heteroatoms. The van der Waals surface area contributed by atoms with Gasteiger partial charge in [0, 0.05) is 17.5 Å². The minimum atomic E-state index is -0.540. The highest BCUT2D eigenvalue weighted by Crippen LogP contribution is 2.31. The molecule has 1 heterocycles. The summed E-state index contributed by atoms with van der Waals surface area (Å²) in [5.74, 6) is 0. The minimum absolute atomic E-state index is 0.0252. The van der Waals surface area contributed by atoms with Crippen LogP contribution in [0.2, 0.25) is 0 Å². The summed E-state index contributed by atoms with van der Waals surface area (Å²) in [4.78, 5) is 24.8. The molecule has 26 heavy (non-hydrogen) atoms. The van der Waals surface area contributed by atoms with Gasteiger partial charge in [-0.2, -0.15) is 0 Å². The van der Waals surface area contributed by atoms with Crippen LogP contribution in [0, 0.1) is 0 Å². The van der Waals surface area contributed by atoms with Gasteiger partial charge in [-0.25, -0.2) is 9.59 Å². The summed E-state index contributed by atoms with van der Waals surface area (Å²) in [5.41, 5.74) is 0.808. The molecule has 0 spiro atoms. The predicted octanol–water partition coefficient (Wildman–Crippen LogP) is 4.46. The summed E-state index contributed by atoms with van der Waals surface area (Å²) in [5, 5.41) is 9.84. The molecular formula is C20H27N3O3. The lowest BCUT2D eigenvalue weighted by Crippen LogP contribution is -2.37. The molecule has 6 nitrogen and oxygen atoms in total. The number of amides is 2. The van der Waals surface area contributed by atoms with Crippen LogP contribution < -0.4 is 21.6 Å². The summed E-state index contributed by atoms with van der Waals surface area (Å²) < 4.78 is 5.42. The van der Waals surface area contributed by atoms with E-state index in [1.807, 2.05) is 32.0 Å². The number of benzene rings is 1. The van der Waals surface area contributed by atoms with E-state index in [4.69, 9.17) is 4.42 Å². The summed E-state index contributed by atoms with van der Waals surface area (Å²) in [7, 11) is 0. The Hall–Kier alpha value is -2.50. The van der Waals surface area contributed by atoms with E-state index in [0.717, 1.165) is 24.6 Å². The summed E-state index contributed by atoms with van der Waals surface area (Å²) in [6.45, 7) is 3.91. The Morgan fingerprint density at radius 2 is 1.92 bits per heavy atom. The van der Waals surface area contributed by atoms with E-state index < -0.39 is 11.7 Å². The van der Waals surface area contributed by atoms with E-state index in [9.17, 15) is 9.59 Å². The van der Waals surface area contributed by atoms with Gasteiger partial charge in [-0.3, -0.25) is 5.32 Å². The van der Waals surface area contributed by atoms with Gasteiger partial charge in [0.05, 0.1) is 5.69 Å². The molecule has 1 aromatic heterocycles. The first-order valence-electron chi connectivity index (χ1n) is 9.48. The first-order valence-corrected chi connectivity index (χ1v) is 9.48. The van der Waals surface area contributed by atoms with Gasteiger partial charge in [0.2, 0.25) is 0 Å². The molecule has 0 bridgehead atoms. The Morgan fingerprint density at radius 1 is 1.19 bits per heavy atom. The number of para-hydroxylation sites is 1. The van der Waals surface area contributed by atoms with E-state index in [1.54, 1.807) is 6.07 Å². The molecule has 0 aliphatic heterocycles. The molecule has 1 aliphatic carbocycles. The fourth-order valence-corrected chi connectivity index (χ4v) is 3.34. The minimum Gasteiger partial charge on any atom is -0.421 e. The monoisotopic (exact) mass is 357 g/mol. The van der Waals surface area contributed by atoms with E-state index in [1.165, 1.54) is 19.3 Å². The van der Waals surface area contributed by atoms with Crippen molar-refractivity contribution in [3.63, 3.8) is 0 Å². The Balaban J connectivity index is 1.97. The van der Waals surface area contributed by atoms with Crippen molar-refractivity contribution in [3.8, 4) is 0 Å². The number of anilines is 2. The SMILES string of the molecule is CC[C@@H](C)NC(=O)Nc1c(NC2CCCCC2)c2ccccc2oc1=O. The largest absolute Gasteiger partial charge is 0.421 e. The first-order chi connectivity index (χ1) is 12.6. The maximum Gasteiger partial charge on any atom is 0.362 e. The van der Waals surface area contributed by atoms with Crippen molar-refractivity contribution in [2.24, 2.45) is 0 Å². The third kappa shape index (κ3) is 4.18. The predicted molar refractivity (Wildman–Crippen MR) is 105 cm³/mol. The molecule has 0 unspecified atom stereocenters. The second-order valence-electron chi connectivity index (χ2n) is 7.02. The van der Waals surface area contributed by atoms with E-state index in [2.05, 4.69) is 16.0 Å². The average Bonchev–Trinajstić information content (AvgIpc) is 2.65. The van der Waals surface area contributed by atoms with Gasteiger partial charge in [-0.05, 0) is 38.3 Å². The molecule has 2 amide bonds. The molecular weight excluding hydrogens is 330 g/mol. The van der Waals surface area contributed by atoms with Crippen LogP contribution in [0.4, 0.5) is 16.2 Å². The molecule has 0 radical (unpaired) electrons. The number of urea groups is 1. The highest BCUT2D eigenvalue weighted by molar-refractivity contribution is 6.01. The summed E-state index contributed by atoms with van der Waals surface area (Å²) in [6.07, 6.45) is 6.54. The molecule has 1 atom stereocenters. The van der Waals surface area contributed by atoms with E-state index in [-0.39, 0.29) is 11.7 Å². The van der Waals surface area contributed by atoms with Crippen molar-refractivity contribution in [2.75, 3.05) is 10.6 Å². The Bertz CT molecular complexity index is 825. The van der Waals surface area contributed by atoms with Gasteiger partial charge in [-0.15, -0.1) is 0 Å². The third-order valence-electron chi connectivity index (χ3n) is 5.00. The van der Waals surface area contributed by atoms with Crippen LogP contribution >= 0.6 is 0 Å². The van der Waals surface area contributed by atoms with Crippen molar-refractivity contribution in [1.29, 1.82) is 0 Å². The van der Waals surface area contributed by atoms with Crippen LogP contribution in [-0.4, -0.2) is 18.1 Å². The lowest BCUT2D eigenvalue weighted by atomic mass is 9.95. The molecule has 3 N–H and O–H groups in total. The number of fused-ring (bicyclic) bond motifs is 1. The normalized spacial score (nSPS) is 16.2. The average molecular weight is 357 g/mol. The maximum absolute atomic E-state index is 12.5. The Kier molecular flexibility index (Phi) is 5.81. The van der Waals surface area contributed by atoms with Crippen molar-refractivity contribution >= 4 is 28.4 Å². The fourth-order valence-electron chi connectivity index (χ4n) is 3.34. The third-order valence-corrected chi connectivity index (χ3v) is 5.00. The quantitative estimate of drug-likeness (QED) is 0.690. The van der Waals surface area contributed by atoms with Crippen molar-refractivity contribution < 1.29 is 9.21 Å². The second-order valence-corrected chi connectivity index (χ2v) is 7.02. The van der Waals surface area contributed by atoms with Gasteiger partial charge in [0.1, 0.15) is 5.58 Å². The first kappa shape index (κ1) is 18.3. The molecule has 1 aromatic carbocycles. The number of rotatable bonds is 5. The van der Waals surface area contributed by atoms with Crippen LogP contribution in [0.5, 0.6) is 0 Å². The van der Waals surface area contributed by atoms with Crippen LogP contribution in [-0.2, 0) is 0 Å². The van der Waals surface area contributed by atoms with Gasteiger partial charge >= 0.3 is 11.7 Å². The molecule has 140 valence electrons. The standard InChI is InChI=1S/C20H27N3O3/c1-3-13(2)21-20(25)23-18-17(22-14-9-5-4-6-10-14)15-11-7-8-12-16(15)26-19(18)24/h7-8,11-14,22H,3-6,9-10H2,1-2H3,(H2,21,23,25)/t13-/m1/s1. The zero-order chi connectivity index (χ0) is 18.5. The van der Waals surface area contributed by atoms with Gasteiger partial charge in [0.15, 0.2) is 5.69 Å². The van der Waals surface area contributed by atoms with Crippen LogP contribution in [0.15, 0.2) is 33.5 Å². The van der Waals surface area contributed by atoms with Crippen LogP contribution in [0.3, 0.4) is 0 Å². The number of carbonyl (C=O) groups is 1. The number of hydrogen-bond acceptors (Lipinski definition) is 4. The van der Waals surface area contributed by atoms with Crippen molar-refractivity contribution in [2.45, 2.75) is 64.5 Å². The van der Waals surface area contributed by atoms with Gasteiger partial charge in [-0.1, -0.05) is 38.3 Å². The van der Waals surface area contributed by atoms with Crippen LogP contribution in [0.25, 0.3) is 11.0 Å². The summed E-state index contributed by atoms with van der Waals surface area (Å²) >= 11 is 0. The van der Waals surface area contributed by atoms with Gasteiger partial charge < -0.3 is 15.1 Å². The highest BCUT2D eigenvalue weighted by Gasteiger charge is 2.21. The highest BCUT2D eigenvalue weighted by atomic mass is 16.4. The van der Waals surface area contributed by atoms with Gasteiger partial charge in [0.25, 0.3) is 0 Å². The topological polar surface area (TPSA) is 83.4 Å². The zero-order valence-corrected chi connectivity index (χ0v) is 15.4. The Labute approximate surface area is 153 Å². The molecule has 2 aromatic rings.